The van der Waals surface area contributed by atoms with E-state index in [9.17, 15) is 4.79 Å². The van der Waals surface area contributed by atoms with Gasteiger partial charge in [-0.15, -0.1) is 24.0 Å². The minimum atomic E-state index is 0. The lowest BCUT2D eigenvalue weighted by Crippen LogP contribution is -2.36. The highest BCUT2D eigenvalue weighted by Gasteiger charge is 2.21. The number of rotatable bonds is 9. The molecule has 1 aliphatic rings. The summed E-state index contributed by atoms with van der Waals surface area (Å²) in [4.78, 5) is 18.0. The molecule has 32 heavy (non-hydrogen) atoms. The summed E-state index contributed by atoms with van der Waals surface area (Å²) in [5, 5.41) is 6.65. The van der Waals surface area contributed by atoms with Crippen molar-refractivity contribution in [1.29, 1.82) is 0 Å². The Kier molecular flexibility index (Phi) is 10.6. The summed E-state index contributed by atoms with van der Waals surface area (Å²) in [5.41, 5.74) is 3.16. The van der Waals surface area contributed by atoms with Crippen LogP contribution in [0.1, 0.15) is 37.3 Å². The van der Waals surface area contributed by atoms with Gasteiger partial charge in [0.2, 0.25) is 5.91 Å². The zero-order valence-corrected chi connectivity index (χ0v) is 21.3. The van der Waals surface area contributed by atoms with Crippen LogP contribution in [-0.4, -0.2) is 39.2 Å². The predicted molar refractivity (Wildman–Crippen MR) is 139 cm³/mol. The van der Waals surface area contributed by atoms with Gasteiger partial charge in [0.25, 0.3) is 0 Å². The van der Waals surface area contributed by atoms with Crippen LogP contribution in [0.5, 0.6) is 11.5 Å². The maximum Gasteiger partial charge on any atom is 0.227 e. The first-order chi connectivity index (χ1) is 15.1. The first-order valence-corrected chi connectivity index (χ1v) is 10.8. The molecule has 2 aromatic rings. The van der Waals surface area contributed by atoms with E-state index in [-0.39, 0.29) is 29.9 Å². The van der Waals surface area contributed by atoms with Crippen molar-refractivity contribution in [3.05, 3.63) is 53.6 Å². The summed E-state index contributed by atoms with van der Waals surface area (Å²) < 4.78 is 11.2. The number of methoxy groups -OCH3 is 1. The van der Waals surface area contributed by atoms with Gasteiger partial charge in [0.1, 0.15) is 0 Å². The number of amides is 1. The van der Waals surface area contributed by atoms with Crippen LogP contribution in [0, 0.1) is 0 Å². The molecule has 1 aliphatic heterocycles. The molecule has 7 nitrogen and oxygen atoms in total. The van der Waals surface area contributed by atoms with E-state index in [1.165, 1.54) is 0 Å². The number of hydrogen-bond donors (Lipinski definition) is 2. The van der Waals surface area contributed by atoms with Gasteiger partial charge in [-0.2, -0.15) is 0 Å². The Balaban J connectivity index is 0.00000363. The Morgan fingerprint density at radius 1 is 1.06 bits per heavy atom. The predicted octanol–water partition coefficient (Wildman–Crippen LogP) is 4.09. The topological polar surface area (TPSA) is 75.2 Å². The standard InChI is InChI=1S/C24H32N4O3.HI/c1-4-14-31-21-12-9-19(15-22(21)30-3)17-27-24(25-2)26-16-18-7-10-20(11-8-18)28-13-5-6-23(28)29;/h7-12,15H,4-6,13-14,16-17H2,1-3H3,(H2,25,26,27);1H. The van der Waals surface area contributed by atoms with Crippen LogP contribution in [0.15, 0.2) is 47.5 Å². The van der Waals surface area contributed by atoms with Crippen LogP contribution in [0.4, 0.5) is 5.69 Å². The van der Waals surface area contributed by atoms with Crippen molar-refractivity contribution in [3.8, 4) is 11.5 Å². The van der Waals surface area contributed by atoms with Gasteiger partial charge in [0, 0.05) is 38.8 Å². The zero-order valence-electron chi connectivity index (χ0n) is 19.0. The van der Waals surface area contributed by atoms with E-state index in [0.717, 1.165) is 47.7 Å². The molecule has 0 spiro atoms. The van der Waals surface area contributed by atoms with Gasteiger partial charge in [-0.3, -0.25) is 9.79 Å². The maximum atomic E-state index is 11.9. The van der Waals surface area contributed by atoms with Gasteiger partial charge < -0.3 is 25.0 Å². The van der Waals surface area contributed by atoms with E-state index in [1.807, 2.05) is 47.4 Å². The van der Waals surface area contributed by atoms with Crippen LogP contribution < -0.4 is 25.0 Å². The van der Waals surface area contributed by atoms with Crippen molar-refractivity contribution in [1.82, 2.24) is 10.6 Å². The molecule has 0 bridgehead atoms. The van der Waals surface area contributed by atoms with E-state index in [1.54, 1.807) is 14.2 Å². The summed E-state index contributed by atoms with van der Waals surface area (Å²) in [6, 6.07) is 14.0. The fourth-order valence-corrected chi connectivity index (χ4v) is 3.46. The number of carbonyl (C=O) groups is 1. The second-order valence-electron chi connectivity index (χ2n) is 7.43. The smallest absolute Gasteiger partial charge is 0.227 e. The van der Waals surface area contributed by atoms with Gasteiger partial charge >= 0.3 is 0 Å². The van der Waals surface area contributed by atoms with Crippen molar-refractivity contribution in [2.45, 2.75) is 39.3 Å². The maximum absolute atomic E-state index is 11.9. The number of hydrogen-bond acceptors (Lipinski definition) is 4. The number of nitrogens with one attached hydrogen (secondary N) is 2. The second-order valence-corrected chi connectivity index (χ2v) is 7.43. The Hall–Kier alpha value is -2.49. The minimum Gasteiger partial charge on any atom is -0.493 e. The fourth-order valence-electron chi connectivity index (χ4n) is 3.46. The third kappa shape index (κ3) is 7.01. The number of halogens is 1. The Labute approximate surface area is 207 Å². The molecular weight excluding hydrogens is 519 g/mol. The van der Waals surface area contributed by atoms with Gasteiger partial charge in [0.05, 0.1) is 13.7 Å². The molecule has 174 valence electrons. The normalized spacial score (nSPS) is 13.5. The molecular formula is C24H33IN4O3. The molecule has 1 saturated heterocycles. The Morgan fingerprint density at radius 3 is 2.34 bits per heavy atom. The summed E-state index contributed by atoms with van der Waals surface area (Å²) in [7, 11) is 3.40. The lowest BCUT2D eigenvalue weighted by Gasteiger charge is -2.17. The van der Waals surface area contributed by atoms with Gasteiger partial charge in [0.15, 0.2) is 17.5 Å². The average Bonchev–Trinajstić information content (AvgIpc) is 3.24. The largest absolute Gasteiger partial charge is 0.493 e. The Morgan fingerprint density at radius 2 is 1.75 bits per heavy atom. The lowest BCUT2D eigenvalue weighted by molar-refractivity contribution is -0.117. The van der Waals surface area contributed by atoms with E-state index < -0.39 is 0 Å². The highest BCUT2D eigenvalue weighted by molar-refractivity contribution is 14.0. The van der Waals surface area contributed by atoms with Crippen LogP contribution in [0.2, 0.25) is 0 Å². The molecule has 0 atom stereocenters. The van der Waals surface area contributed by atoms with Crippen LogP contribution in [0.25, 0.3) is 0 Å². The van der Waals surface area contributed by atoms with Crippen molar-refractivity contribution in [3.63, 3.8) is 0 Å². The molecule has 3 rings (SSSR count). The quantitative estimate of drug-likeness (QED) is 0.279. The fraction of sp³-hybridized carbons (Fsp3) is 0.417. The minimum absolute atomic E-state index is 0. The monoisotopic (exact) mass is 552 g/mol. The second kappa shape index (κ2) is 13.1. The number of benzene rings is 2. The van der Waals surface area contributed by atoms with E-state index >= 15 is 0 Å². The number of guanidine groups is 1. The number of ether oxygens (including phenoxy) is 2. The van der Waals surface area contributed by atoms with Crippen LogP contribution in [-0.2, 0) is 17.9 Å². The first-order valence-electron chi connectivity index (χ1n) is 10.8. The highest BCUT2D eigenvalue weighted by atomic mass is 127. The number of anilines is 1. The number of aliphatic imine (C=N–C) groups is 1. The number of carbonyl (C=O) groups excluding carboxylic acids is 1. The summed E-state index contributed by atoms with van der Waals surface area (Å²) in [6.07, 6.45) is 2.53. The molecule has 0 aromatic heterocycles. The van der Waals surface area contributed by atoms with Crippen molar-refractivity contribution in [2.24, 2.45) is 4.99 Å². The zero-order chi connectivity index (χ0) is 22.1. The van der Waals surface area contributed by atoms with Gasteiger partial charge in [-0.1, -0.05) is 25.1 Å². The molecule has 2 N–H and O–H groups in total. The van der Waals surface area contributed by atoms with Gasteiger partial charge in [-0.25, -0.2) is 0 Å². The molecule has 8 heteroatoms. The first kappa shape index (κ1) is 25.8. The summed E-state index contributed by atoms with van der Waals surface area (Å²) >= 11 is 0. The average molecular weight is 552 g/mol. The van der Waals surface area contributed by atoms with E-state index in [0.29, 0.717) is 32.1 Å². The molecule has 0 radical (unpaired) electrons. The molecule has 0 saturated carbocycles. The van der Waals surface area contributed by atoms with Crippen LogP contribution >= 0.6 is 24.0 Å². The van der Waals surface area contributed by atoms with E-state index in [4.69, 9.17) is 9.47 Å². The lowest BCUT2D eigenvalue weighted by atomic mass is 10.2. The van der Waals surface area contributed by atoms with Crippen LogP contribution in [0.3, 0.4) is 0 Å². The Bertz CT molecular complexity index is 903. The van der Waals surface area contributed by atoms with Crippen molar-refractivity contribution in [2.75, 3.05) is 32.2 Å². The third-order valence-electron chi connectivity index (χ3n) is 5.15. The SMILES string of the molecule is CCCOc1ccc(CNC(=NC)NCc2ccc(N3CCCC3=O)cc2)cc1OC.I. The summed E-state index contributed by atoms with van der Waals surface area (Å²) in [5.74, 6) is 2.41. The highest BCUT2D eigenvalue weighted by Crippen LogP contribution is 2.28. The third-order valence-corrected chi connectivity index (χ3v) is 5.15. The molecule has 1 amide bonds. The molecule has 0 unspecified atom stereocenters. The molecule has 1 fully saturated rings. The van der Waals surface area contributed by atoms with Gasteiger partial charge in [-0.05, 0) is 48.2 Å². The van der Waals surface area contributed by atoms with Crippen molar-refractivity contribution >= 4 is 41.5 Å². The van der Waals surface area contributed by atoms with Crippen molar-refractivity contribution < 1.29 is 14.3 Å². The molecule has 0 aliphatic carbocycles. The van der Waals surface area contributed by atoms with E-state index in [2.05, 4.69) is 22.5 Å². The molecule has 1 heterocycles. The molecule has 2 aromatic carbocycles. The summed E-state index contributed by atoms with van der Waals surface area (Å²) in [6.45, 7) is 4.80. The number of nitrogens with zero attached hydrogens (tertiary/aromatic N) is 2.